The maximum Gasteiger partial charge on any atom is 0.164 e. The molecule has 0 aromatic heterocycles. The fraction of sp³-hybridized carbons (Fsp3) is 0.923. The highest BCUT2D eigenvalue weighted by Gasteiger charge is 2.77. The second kappa shape index (κ2) is 2.88. The van der Waals surface area contributed by atoms with Crippen LogP contribution in [0.3, 0.4) is 0 Å². The molecule has 2 aliphatic carbocycles. The molecule has 1 aliphatic heterocycles. The molecular weight excluding hydrogens is 204 g/mol. The van der Waals surface area contributed by atoms with Gasteiger partial charge in [-0.3, -0.25) is 4.79 Å². The number of aliphatic hydroxyl groups excluding tert-OH is 1. The van der Waals surface area contributed by atoms with Crippen LogP contribution < -0.4 is 0 Å². The van der Waals surface area contributed by atoms with Crippen molar-refractivity contribution >= 4 is 5.78 Å². The largest absolute Gasteiger partial charge is 0.393 e. The van der Waals surface area contributed by atoms with Gasteiger partial charge in [-0.2, -0.15) is 0 Å². The molecule has 0 unspecified atom stereocenters. The number of carbonyl (C=O) groups is 1. The average molecular weight is 224 g/mol. The average Bonchev–Trinajstić information content (AvgIpc) is 2.91. The van der Waals surface area contributed by atoms with E-state index in [4.69, 9.17) is 4.74 Å². The zero-order valence-electron chi connectivity index (χ0n) is 10.2. The van der Waals surface area contributed by atoms with E-state index >= 15 is 0 Å². The van der Waals surface area contributed by atoms with E-state index < -0.39 is 5.60 Å². The molecule has 1 saturated heterocycles. The lowest BCUT2D eigenvalue weighted by molar-refractivity contribution is -0.123. The van der Waals surface area contributed by atoms with Crippen molar-refractivity contribution in [3.63, 3.8) is 0 Å². The van der Waals surface area contributed by atoms with Crippen LogP contribution in [0, 0.1) is 17.3 Å². The van der Waals surface area contributed by atoms with Crippen LogP contribution in [0.15, 0.2) is 0 Å². The Kier molecular flexibility index (Phi) is 1.93. The quantitative estimate of drug-likeness (QED) is 0.687. The number of hydrogen-bond donors (Lipinski definition) is 1. The summed E-state index contributed by atoms with van der Waals surface area (Å²) in [6.07, 6.45) is 2.63. The molecule has 0 spiro atoms. The second-order valence-corrected chi connectivity index (χ2v) is 6.14. The molecule has 16 heavy (non-hydrogen) atoms. The Morgan fingerprint density at radius 1 is 1.44 bits per heavy atom. The molecule has 0 bridgehead atoms. The van der Waals surface area contributed by atoms with Gasteiger partial charge < -0.3 is 9.84 Å². The Morgan fingerprint density at radius 3 is 2.75 bits per heavy atom. The van der Waals surface area contributed by atoms with Crippen molar-refractivity contribution in [3.8, 4) is 0 Å². The summed E-state index contributed by atoms with van der Waals surface area (Å²) in [5.74, 6) is 0.961. The lowest BCUT2D eigenvalue weighted by Gasteiger charge is -2.45. The molecule has 1 N–H and O–H groups in total. The molecule has 1 heterocycles. The summed E-state index contributed by atoms with van der Waals surface area (Å²) >= 11 is 0. The van der Waals surface area contributed by atoms with Crippen LogP contribution >= 0.6 is 0 Å². The molecule has 90 valence electrons. The molecule has 2 saturated carbocycles. The summed E-state index contributed by atoms with van der Waals surface area (Å²) in [6.45, 7) is 5.95. The van der Waals surface area contributed by atoms with E-state index in [1.807, 2.05) is 0 Å². The van der Waals surface area contributed by atoms with Gasteiger partial charge >= 0.3 is 0 Å². The Morgan fingerprint density at radius 2 is 2.12 bits per heavy atom. The number of fused-ring (bicyclic) bond motifs is 3. The Bertz CT molecular complexity index is 353. The number of hydrogen-bond acceptors (Lipinski definition) is 3. The number of epoxide rings is 1. The van der Waals surface area contributed by atoms with Crippen LogP contribution in [0.4, 0.5) is 0 Å². The minimum Gasteiger partial charge on any atom is -0.393 e. The van der Waals surface area contributed by atoms with Crippen molar-refractivity contribution in [2.45, 2.75) is 57.8 Å². The summed E-state index contributed by atoms with van der Waals surface area (Å²) in [7, 11) is 0. The standard InChI is InChI=1S/C13H20O3/c1-7-10(15)5-4-9-6-13(8(2)14)11(16-13)12(7,9)3/h7,9-11,15H,4-6H2,1-3H3/t7-,9+,10-,11+,12+,13+/m0/s1. The SMILES string of the molecule is CC(=O)[C@]12C[C@H]3CC[C@H](O)[C@H](C)[C@@]3(C)[C@H]1O2. The zero-order chi connectivity index (χ0) is 11.7. The van der Waals surface area contributed by atoms with Gasteiger partial charge in [0.2, 0.25) is 0 Å². The first-order valence-electron chi connectivity index (χ1n) is 6.30. The van der Waals surface area contributed by atoms with Gasteiger partial charge in [-0.25, -0.2) is 0 Å². The van der Waals surface area contributed by atoms with Crippen molar-refractivity contribution in [1.29, 1.82) is 0 Å². The topological polar surface area (TPSA) is 49.8 Å². The monoisotopic (exact) mass is 224 g/mol. The summed E-state index contributed by atoms with van der Waals surface area (Å²) < 4.78 is 5.73. The van der Waals surface area contributed by atoms with E-state index in [9.17, 15) is 9.90 Å². The third kappa shape index (κ3) is 0.992. The predicted octanol–water partition coefficient (Wildman–Crippen LogP) is 1.53. The molecule has 0 amide bonds. The number of carbonyl (C=O) groups excluding carboxylic acids is 1. The molecule has 0 aromatic carbocycles. The third-order valence-corrected chi connectivity index (χ3v) is 5.65. The number of ketones is 1. The predicted molar refractivity (Wildman–Crippen MR) is 58.9 cm³/mol. The van der Waals surface area contributed by atoms with Crippen molar-refractivity contribution in [1.82, 2.24) is 0 Å². The smallest absolute Gasteiger partial charge is 0.164 e. The number of aliphatic hydroxyl groups is 1. The Hall–Kier alpha value is -0.410. The highest BCUT2D eigenvalue weighted by atomic mass is 16.6. The van der Waals surface area contributed by atoms with E-state index in [2.05, 4.69) is 13.8 Å². The Labute approximate surface area is 96.2 Å². The van der Waals surface area contributed by atoms with E-state index in [1.54, 1.807) is 6.92 Å². The summed E-state index contributed by atoms with van der Waals surface area (Å²) in [4.78, 5) is 11.7. The summed E-state index contributed by atoms with van der Waals surface area (Å²) in [6, 6.07) is 0. The lowest BCUT2D eigenvalue weighted by Crippen LogP contribution is -2.45. The molecule has 3 fully saturated rings. The highest BCUT2D eigenvalue weighted by molar-refractivity contribution is 5.89. The van der Waals surface area contributed by atoms with Gasteiger partial charge in [0.25, 0.3) is 0 Å². The van der Waals surface area contributed by atoms with Crippen molar-refractivity contribution < 1.29 is 14.6 Å². The minimum absolute atomic E-state index is 0.00331. The maximum absolute atomic E-state index is 11.7. The van der Waals surface area contributed by atoms with Gasteiger partial charge in [0.05, 0.1) is 6.10 Å². The molecule has 0 aromatic rings. The Balaban J connectivity index is 1.96. The second-order valence-electron chi connectivity index (χ2n) is 6.14. The molecule has 3 rings (SSSR count). The van der Waals surface area contributed by atoms with E-state index in [0.717, 1.165) is 19.3 Å². The van der Waals surface area contributed by atoms with Crippen molar-refractivity contribution in [2.24, 2.45) is 17.3 Å². The minimum atomic E-state index is -0.474. The summed E-state index contributed by atoms with van der Waals surface area (Å²) in [5, 5.41) is 10.0. The maximum atomic E-state index is 11.7. The van der Waals surface area contributed by atoms with Crippen LogP contribution in [-0.2, 0) is 9.53 Å². The zero-order valence-corrected chi connectivity index (χ0v) is 10.2. The normalized spacial score (nSPS) is 59.0. The molecule has 3 aliphatic rings. The van der Waals surface area contributed by atoms with Crippen LogP contribution in [0.2, 0.25) is 0 Å². The number of rotatable bonds is 1. The molecule has 6 atom stereocenters. The first-order chi connectivity index (χ1) is 7.43. The van der Waals surface area contributed by atoms with Crippen molar-refractivity contribution in [2.75, 3.05) is 0 Å². The molecular formula is C13H20O3. The number of ether oxygens (including phenoxy) is 1. The van der Waals surface area contributed by atoms with E-state index in [0.29, 0.717) is 5.92 Å². The fourth-order valence-electron chi connectivity index (χ4n) is 4.23. The first-order valence-corrected chi connectivity index (χ1v) is 6.30. The van der Waals surface area contributed by atoms with Gasteiger partial charge in [0.1, 0.15) is 6.10 Å². The first kappa shape index (κ1) is 10.7. The van der Waals surface area contributed by atoms with E-state index in [-0.39, 0.29) is 29.3 Å². The van der Waals surface area contributed by atoms with Crippen molar-refractivity contribution in [3.05, 3.63) is 0 Å². The van der Waals surface area contributed by atoms with Gasteiger partial charge in [-0.05, 0) is 38.0 Å². The van der Waals surface area contributed by atoms with Crippen LogP contribution in [-0.4, -0.2) is 28.7 Å². The van der Waals surface area contributed by atoms with Gasteiger partial charge in [-0.1, -0.05) is 13.8 Å². The van der Waals surface area contributed by atoms with E-state index in [1.165, 1.54) is 0 Å². The lowest BCUT2D eigenvalue weighted by atomic mass is 9.61. The molecule has 3 nitrogen and oxygen atoms in total. The van der Waals surface area contributed by atoms with Crippen LogP contribution in [0.25, 0.3) is 0 Å². The fourth-order valence-corrected chi connectivity index (χ4v) is 4.23. The molecule has 0 radical (unpaired) electrons. The van der Waals surface area contributed by atoms with Gasteiger partial charge in [-0.15, -0.1) is 0 Å². The number of Topliss-reactive ketones (excluding diaryl/α,β-unsaturated/α-hetero) is 1. The third-order valence-electron chi connectivity index (χ3n) is 5.65. The van der Waals surface area contributed by atoms with Gasteiger partial charge in [0.15, 0.2) is 11.4 Å². The van der Waals surface area contributed by atoms with Gasteiger partial charge in [0, 0.05) is 5.41 Å². The highest BCUT2D eigenvalue weighted by Crippen LogP contribution is 2.68. The van der Waals surface area contributed by atoms with Crippen LogP contribution in [0.1, 0.15) is 40.0 Å². The summed E-state index contributed by atoms with van der Waals surface area (Å²) in [5.41, 5.74) is -0.471. The molecule has 3 heteroatoms. The van der Waals surface area contributed by atoms with Crippen LogP contribution in [0.5, 0.6) is 0 Å².